The monoisotopic (exact) mass is 207 g/mol. The second kappa shape index (κ2) is 3.97. The van der Waals surface area contributed by atoms with Crippen LogP contribution in [0.2, 0.25) is 0 Å². The van der Waals surface area contributed by atoms with E-state index >= 15 is 0 Å². The molecule has 2 rings (SSSR count). The van der Waals surface area contributed by atoms with Crippen LogP contribution in [0.15, 0.2) is 12.3 Å². The van der Waals surface area contributed by atoms with Crippen LogP contribution in [0.1, 0.15) is 38.3 Å². The Bertz CT molecular complexity index is 331. The van der Waals surface area contributed by atoms with Crippen LogP contribution in [-0.2, 0) is 13.5 Å². The first kappa shape index (κ1) is 10.7. The Hall–Kier alpha value is -0.830. The molecule has 84 valence electrons. The van der Waals surface area contributed by atoms with E-state index in [1.165, 1.54) is 19.3 Å². The van der Waals surface area contributed by atoms with Crippen molar-refractivity contribution in [2.75, 3.05) is 0 Å². The molecule has 1 aromatic rings. The van der Waals surface area contributed by atoms with E-state index < -0.39 is 0 Å². The largest absolute Gasteiger partial charge is 0.325 e. The smallest absolute Gasteiger partial charge is 0.0642 e. The van der Waals surface area contributed by atoms with Gasteiger partial charge in [-0.2, -0.15) is 5.10 Å². The molecule has 2 N–H and O–H groups in total. The van der Waals surface area contributed by atoms with Gasteiger partial charge in [-0.25, -0.2) is 0 Å². The molecule has 1 aliphatic rings. The molecule has 2 unspecified atom stereocenters. The standard InChI is InChI=1S/C12H21N3/c1-10-5-3-4-7-12(10,13)9-11-6-8-15(2)14-11/h6,8,10H,3-5,7,9,13H2,1-2H3. The number of nitrogens with zero attached hydrogens (tertiary/aromatic N) is 2. The molecule has 1 saturated carbocycles. The Morgan fingerprint density at radius 2 is 2.40 bits per heavy atom. The summed E-state index contributed by atoms with van der Waals surface area (Å²) in [5.41, 5.74) is 7.61. The maximum atomic E-state index is 6.49. The first-order valence-corrected chi connectivity index (χ1v) is 5.87. The van der Waals surface area contributed by atoms with Crippen LogP contribution in [-0.4, -0.2) is 15.3 Å². The van der Waals surface area contributed by atoms with Gasteiger partial charge in [0.1, 0.15) is 0 Å². The summed E-state index contributed by atoms with van der Waals surface area (Å²) in [4.78, 5) is 0. The number of nitrogens with two attached hydrogens (primary N) is 1. The third kappa shape index (κ3) is 2.23. The molecule has 0 aromatic carbocycles. The van der Waals surface area contributed by atoms with E-state index in [0.717, 1.165) is 18.5 Å². The lowest BCUT2D eigenvalue weighted by Gasteiger charge is -2.39. The lowest BCUT2D eigenvalue weighted by molar-refractivity contribution is 0.202. The summed E-state index contributed by atoms with van der Waals surface area (Å²) in [7, 11) is 1.96. The van der Waals surface area contributed by atoms with Crippen LogP contribution in [0.25, 0.3) is 0 Å². The molecular weight excluding hydrogens is 186 g/mol. The molecule has 3 heteroatoms. The van der Waals surface area contributed by atoms with Crippen molar-refractivity contribution >= 4 is 0 Å². The lowest BCUT2D eigenvalue weighted by atomic mass is 9.72. The highest BCUT2D eigenvalue weighted by atomic mass is 15.2. The van der Waals surface area contributed by atoms with Crippen LogP contribution < -0.4 is 5.73 Å². The van der Waals surface area contributed by atoms with Crippen molar-refractivity contribution in [3.8, 4) is 0 Å². The van der Waals surface area contributed by atoms with Crippen LogP contribution in [0, 0.1) is 5.92 Å². The normalized spacial score (nSPS) is 31.8. The molecule has 3 nitrogen and oxygen atoms in total. The minimum atomic E-state index is -0.0212. The van der Waals surface area contributed by atoms with Crippen LogP contribution >= 0.6 is 0 Å². The molecule has 0 spiro atoms. The number of aryl methyl sites for hydroxylation is 1. The van der Waals surface area contributed by atoms with Crippen molar-refractivity contribution in [2.45, 2.75) is 44.6 Å². The summed E-state index contributed by atoms with van der Waals surface area (Å²) < 4.78 is 1.85. The van der Waals surface area contributed by atoms with E-state index in [2.05, 4.69) is 18.1 Å². The highest BCUT2D eigenvalue weighted by Gasteiger charge is 2.34. The zero-order valence-corrected chi connectivity index (χ0v) is 9.74. The summed E-state index contributed by atoms with van der Waals surface area (Å²) in [6.45, 7) is 2.28. The van der Waals surface area contributed by atoms with E-state index in [0.29, 0.717) is 5.92 Å². The molecule has 1 fully saturated rings. The van der Waals surface area contributed by atoms with Crippen molar-refractivity contribution in [1.82, 2.24) is 9.78 Å². The van der Waals surface area contributed by atoms with Gasteiger partial charge in [-0.3, -0.25) is 4.68 Å². The van der Waals surface area contributed by atoms with Crippen molar-refractivity contribution in [3.63, 3.8) is 0 Å². The van der Waals surface area contributed by atoms with Gasteiger partial charge in [0, 0.05) is 25.2 Å². The second-order valence-electron chi connectivity index (χ2n) is 5.04. The summed E-state index contributed by atoms with van der Waals surface area (Å²) in [5.74, 6) is 0.619. The fraction of sp³-hybridized carbons (Fsp3) is 0.750. The molecule has 1 aliphatic carbocycles. The van der Waals surface area contributed by atoms with Gasteiger partial charge in [0.2, 0.25) is 0 Å². The average molecular weight is 207 g/mol. The predicted molar refractivity (Wildman–Crippen MR) is 61.5 cm³/mol. The molecule has 0 saturated heterocycles. The Morgan fingerprint density at radius 3 is 3.00 bits per heavy atom. The van der Waals surface area contributed by atoms with E-state index in [-0.39, 0.29) is 5.54 Å². The van der Waals surface area contributed by atoms with Gasteiger partial charge >= 0.3 is 0 Å². The minimum absolute atomic E-state index is 0.0212. The molecule has 15 heavy (non-hydrogen) atoms. The van der Waals surface area contributed by atoms with Gasteiger partial charge < -0.3 is 5.73 Å². The molecule has 0 aliphatic heterocycles. The fourth-order valence-corrected chi connectivity index (χ4v) is 2.60. The molecule has 1 aromatic heterocycles. The summed E-state index contributed by atoms with van der Waals surface area (Å²) in [6.07, 6.45) is 7.94. The maximum Gasteiger partial charge on any atom is 0.0642 e. The second-order valence-corrected chi connectivity index (χ2v) is 5.04. The number of hydrogen-bond acceptors (Lipinski definition) is 2. The predicted octanol–water partition coefficient (Wildman–Crippen LogP) is 1.87. The highest BCUT2D eigenvalue weighted by Crippen LogP contribution is 2.33. The Kier molecular flexibility index (Phi) is 2.83. The Balaban J connectivity index is 2.08. The van der Waals surface area contributed by atoms with Crippen LogP contribution in [0.4, 0.5) is 0 Å². The topological polar surface area (TPSA) is 43.8 Å². The zero-order chi connectivity index (χ0) is 10.9. The van der Waals surface area contributed by atoms with Gasteiger partial charge in [-0.05, 0) is 24.8 Å². The highest BCUT2D eigenvalue weighted by molar-refractivity contribution is 5.07. The quantitative estimate of drug-likeness (QED) is 0.804. The maximum absolute atomic E-state index is 6.49. The molecule has 2 atom stereocenters. The average Bonchev–Trinajstić information content (AvgIpc) is 2.57. The van der Waals surface area contributed by atoms with Gasteiger partial charge in [0.15, 0.2) is 0 Å². The summed E-state index contributed by atoms with van der Waals surface area (Å²) in [5, 5.41) is 4.42. The third-order valence-electron chi connectivity index (χ3n) is 3.79. The molecule has 0 radical (unpaired) electrons. The third-order valence-corrected chi connectivity index (χ3v) is 3.79. The Morgan fingerprint density at radius 1 is 1.60 bits per heavy atom. The molecule has 0 amide bonds. The van der Waals surface area contributed by atoms with E-state index in [1.807, 2.05) is 17.9 Å². The minimum Gasteiger partial charge on any atom is -0.325 e. The van der Waals surface area contributed by atoms with Gasteiger partial charge in [-0.15, -0.1) is 0 Å². The van der Waals surface area contributed by atoms with E-state index in [9.17, 15) is 0 Å². The van der Waals surface area contributed by atoms with E-state index in [1.54, 1.807) is 0 Å². The van der Waals surface area contributed by atoms with Crippen molar-refractivity contribution in [1.29, 1.82) is 0 Å². The molecule has 0 bridgehead atoms. The number of hydrogen-bond donors (Lipinski definition) is 1. The summed E-state index contributed by atoms with van der Waals surface area (Å²) in [6, 6.07) is 2.08. The van der Waals surface area contributed by atoms with E-state index in [4.69, 9.17) is 5.73 Å². The number of aromatic nitrogens is 2. The molecular formula is C12H21N3. The number of rotatable bonds is 2. The van der Waals surface area contributed by atoms with Gasteiger partial charge in [0.05, 0.1) is 5.69 Å². The van der Waals surface area contributed by atoms with Crippen LogP contribution in [0.3, 0.4) is 0 Å². The van der Waals surface area contributed by atoms with Gasteiger partial charge in [-0.1, -0.05) is 19.8 Å². The zero-order valence-electron chi connectivity index (χ0n) is 9.74. The summed E-state index contributed by atoms with van der Waals surface area (Å²) >= 11 is 0. The first-order chi connectivity index (χ1) is 7.10. The van der Waals surface area contributed by atoms with Gasteiger partial charge in [0.25, 0.3) is 0 Å². The van der Waals surface area contributed by atoms with Crippen molar-refractivity contribution < 1.29 is 0 Å². The molecule has 1 heterocycles. The van der Waals surface area contributed by atoms with Crippen molar-refractivity contribution in [2.24, 2.45) is 18.7 Å². The fourth-order valence-electron chi connectivity index (χ4n) is 2.60. The SMILES string of the molecule is CC1CCCCC1(N)Cc1ccn(C)n1. The van der Waals surface area contributed by atoms with Crippen LogP contribution in [0.5, 0.6) is 0 Å². The Labute approximate surface area is 91.7 Å². The first-order valence-electron chi connectivity index (χ1n) is 5.87. The lowest BCUT2D eigenvalue weighted by Crippen LogP contribution is -2.50. The van der Waals surface area contributed by atoms with Crippen molar-refractivity contribution in [3.05, 3.63) is 18.0 Å².